The van der Waals surface area contributed by atoms with Crippen molar-refractivity contribution in [2.24, 2.45) is 28.6 Å². The van der Waals surface area contributed by atoms with Crippen molar-refractivity contribution in [3.05, 3.63) is 156 Å². The van der Waals surface area contributed by atoms with Crippen LogP contribution in [0.2, 0.25) is 0 Å². The van der Waals surface area contributed by atoms with Crippen LogP contribution in [0.5, 0.6) is 0 Å². The second-order valence-electron chi connectivity index (χ2n) is 24.2. The fourth-order valence-corrected chi connectivity index (χ4v) is 16.3. The van der Waals surface area contributed by atoms with E-state index in [1.165, 1.54) is 54.1 Å². The number of anilines is 1. The van der Waals surface area contributed by atoms with Crippen LogP contribution in [-0.4, -0.2) is 82.6 Å². The molecule has 2 aliphatic heterocycles. The maximum absolute atomic E-state index is 13.6. The average Bonchev–Trinajstić information content (AvgIpc) is 1.26. The summed E-state index contributed by atoms with van der Waals surface area (Å²) in [6.45, 7) is 4.64. The second kappa shape index (κ2) is 22.0. The van der Waals surface area contributed by atoms with E-state index in [2.05, 4.69) is 29.1 Å². The van der Waals surface area contributed by atoms with Gasteiger partial charge in [0.1, 0.15) is 6.10 Å². The van der Waals surface area contributed by atoms with Gasteiger partial charge in [0.15, 0.2) is 5.78 Å². The Morgan fingerprint density at radius 3 is 1.38 bits per heavy atom. The van der Waals surface area contributed by atoms with Gasteiger partial charge in [-0.05, 0) is 194 Å². The van der Waals surface area contributed by atoms with Crippen LogP contribution in [0.15, 0.2) is 148 Å². The average molecular weight is 1240 g/mol. The number of nitrogens with one attached hydrogen (secondary N) is 3. The molecule has 13 rings (SSSR count). The number of allylic oxidation sites excluding steroid dienone is 1. The maximum atomic E-state index is 13.6. The third-order valence-corrected chi connectivity index (χ3v) is 21.8. The zero-order chi connectivity index (χ0) is 61.7. The van der Waals surface area contributed by atoms with Crippen molar-refractivity contribution in [3.8, 4) is 44.5 Å². The highest BCUT2D eigenvalue weighted by atomic mass is 32.2. The van der Waals surface area contributed by atoms with Crippen LogP contribution in [0.3, 0.4) is 0 Å². The summed E-state index contributed by atoms with van der Waals surface area (Å²) in [4.78, 5) is 56.0. The van der Waals surface area contributed by atoms with Crippen molar-refractivity contribution in [1.82, 2.24) is 19.9 Å². The van der Waals surface area contributed by atoms with Gasteiger partial charge < -0.3 is 20.0 Å². The van der Waals surface area contributed by atoms with Gasteiger partial charge in [0.05, 0.1) is 43.9 Å². The molecule has 4 aliphatic carbocycles. The standard InChI is InChI=1S/C67H61N5O13S3/c1-66-35-33-44(73)37-42(66)11-20-48-49-21-30-59(67(49,2)36-34-50(48)66)85-61(75)32-31-60(74)68-43-12-3-38(4-13-43)62-51-22-24-53(69-51)63(39-5-14-45(15-6-39)86(76,77)78)55-26-28-57(71-55)65(41-9-18-47(19-10-41)88(82,83)84)58-29-27-56(72-58)64(54-25-23-52(62)70-54)40-7-16-46(17-8-40)87(79,80)81/h3-10,12-19,22-29,37,48-50,59,69,72H,11,20-21,30-36H2,1-2H3,(H,68,74)(H,76,77,78)(H,79,80,81)(H,82,83,84)/t48-,49-,50-,59-,66-,67-/m0/s1. The first-order valence-corrected chi connectivity index (χ1v) is 33.5. The molecular formula is C67H61N5O13S3. The van der Waals surface area contributed by atoms with Crippen molar-refractivity contribution >= 4 is 100 Å². The Hall–Kier alpha value is -8.44. The molecule has 4 aromatic carbocycles. The van der Waals surface area contributed by atoms with E-state index in [0.29, 0.717) is 119 Å². The van der Waals surface area contributed by atoms with E-state index >= 15 is 0 Å². The maximum Gasteiger partial charge on any atom is 0.306 e. The van der Waals surface area contributed by atoms with E-state index in [-0.39, 0.29) is 56.2 Å². The molecule has 0 unspecified atom stereocenters. The SMILES string of the molecule is C[C@]12CC[C@H]3[C@@H](CCC4=CC(=O)CC[C@@]43C)[C@@H]1CC[C@@H]2OC(=O)CCC(=O)Nc1ccc(-c2c3nc(c(-c4ccc(S(=O)(=O)O)cc4)c4ccc([nH]4)c(-c4ccc(S(=O)(=O)O)cc4)c4nc(c(-c5ccc(S(=O)(=O)O)cc5)c5ccc2[nH]5)C=C4)C=C3)cc1. The molecule has 0 radical (unpaired) electrons. The highest BCUT2D eigenvalue weighted by molar-refractivity contribution is 7.86. The van der Waals surface area contributed by atoms with E-state index in [4.69, 9.17) is 14.7 Å². The summed E-state index contributed by atoms with van der Waals surface area (Å²) in [5, 5.41) is 2.95. The fraction of sp³-hybridized carbons (Fsp3) is 0.269. The number of nitrogens with zero attached hydrogens (tertiary/aromatic N) is 2. The first-order chi connectivity index (χ1) is 41.9. The monoisotopic (exact) mass is 1240 g/mol. The van der Waals surface area contributed by atoms with Crippen LogP contribution < -0.4 is 5.32 Å². The van der Waals surface area contributed by atoms with Gasteiger partial charge in [-0.1, -0.05) is 68.0 Å². The molecule has 1 amide bonds. The Labute approximate surface area is 508 Å². The lowest BCUT2D eigenvalue weighted by Gasteiger charge is -2.57. The minimum absolute atomic E-state index is 0.0487. The third kappa shape index (κ3) is 10.9. The number of hydrogen-bond acceptors (Lipinski definition) is 12. The molecule has 6 atom stereocenters. The van der Waals surface area contributed by atoms with Gasteiger partial charge in [-0.3, -0.25) is 28.0 Å². The molecule has 18 nitrogen and oxygen atoms in total. The number of hydrogen-bond donors (Lipinski definition) is 6. The zero-order valence-corrected chi connectivity index (χ0v) is 50.3. The molecule has 450 valence electrons. The van der Waals surface area contributed by atoms with Crippen LogP contribution in [0.25, 0.3) is 90.9 Å². The van der Waals surface area contributed by atoms with Crippen LogP contribution in [-0.2, 0) is 49.5 Å². The minimum Gasteiger partial charge on any atom is -0.462 e. The van der Waals surface area contributed by atoms with E-state index < -0.39 is 36.3 Å². The molecular weight excluding hydrogens is 1180 g/mol. The summed E-state index contributed by atoms with van der Waals surface area (Å²) in [6.07, 6.45) is 16.0. The quantitative estimate of drug-likeness (QED) is 0.0489. The summed E-state index contributed by atoms with van der Waals surface area (Å²) >= 11 is 0. The Bertz CT molecular complexity index is 4630. The second-order valence-corrected chi connectivity index (χ2v) is 28.5. The van der Waals surface area contributed by atoms with Crippen LogP contribution in [0, 0.1) is 28.6 Å². The summed E-state index contributed by atoms with van der Waals surface area (Å²) < 4.78 is 109. The number of aromatic amines is 2. The molecule has 6 aliphatic rings. The lowest BCUT2D eigenvalue weighted by Crippen LogP contribution is -2.51. The largest absolute Gasteiger partial charge is 0.462 e. The lowest BCUT2D eigenvalue weighted by atomic mass is 9.47. The van der Waals surface area contributed by atoms with Crippen LogP contribution in [0.1, 0.15) is 101 Å². The number of amides is 1. The van der Waals surface area contributed by atoms with Gasteiger partial charge in [0.2, 0.25) is 5.91 Å². The molecule has 3 fully saturated rings. The number of ether oxygens (including phenoxy) is 1. The summed E-state index contributed by atoms with van der Waals surface area (Å²) in [5.41, 5.74) is 9.98. The molecule has 8 bridgehead atoms. The summed E-state index contributed by atoms with van der Waals surface area (Å²) in [6, 6.07) is 31.4. The molecule has 21 heteroatoms. The number of fused-ring (bicyclic) bond motifs is 13. The smallest absolute Gasteiger partial charge is 0.306 e. The van der Waals surface area contributed by atoms with Crippen molar-refractivity contribution in [1.29, 1.82) is 0 Å². The molecule has 88 heavy (non-hydrogen) atoms. The number of esters is 1. The third-order valence-electron chi connectivity index (χ3n) is 19.2. The van der Waals surface area contributed by atoms with Crippen LogP contribution >= 0.6 is 0 Å². The molecule has 3 saturated carbocycles. The first-order valence-electron chi connectivity index (χ1n) is 29.1. The fourth-order valence-electron chi connectivity index (χ4n) is 14.9. The minimum atomic E-state index is -4.56. The number of benzene rings is 4. The van der Waals surface area contributed by atoms with E-state index in [9.17, 15) is 53.3 Å². The van der Waals surface area contributed by atoms with Gasteiger partial charge >= 0.3 is 5.97 Å². The van der Waals surface area contributed by atoms with Crippen molar-refractivity contribution in [2.45, 2.75) is 98.8 Å². The zero-order valence-electron chi connectivity index (χ0n) is 47.9. The predicted octanol–water partition coefficient (Wildman–Crippen LogP) is 13.2. The summed E-state index contributed by atoms with van der Waals surface area (Å²) in [7, 11) is -13.7. The van der Waals surface area contributed by atoms with E-state index in [1.54, 1.807) is 60.7 Å². The van der Waals surface area contributed by atoms with Gasteiger partial charge in [-0.15, -0.1) is 0 Å². The van der Waals surface area contributed by atoms with Crippen molar-refractivity contribution < 1.29 is 58.0 Å². The van der Waals surface area contributed by atoms with Gasteiger partial charge in [0.25, 0.3) is 30.4 Å². The van der Waals surface area contributed by atoms with Gasteiger partial charge in [-0.25, -0.2) is 9.97 Å². The van der Waals surface area contributed by atoms with E-state index in [1.807, 2.05) is 42.5 Å². The highest BCUT2D eigenvalue weighted by Gasteiger charge is 2.60. The first kappa shape index (κ1) is 58.6. The molecule has 3 aromatic heterocycles. The summed E-state index contributed by atoms with van der Waals surface area (Å²) in [5.74, 6) is 0.942. The number of ketones is 1. The van der Waals surface area contributed by atoms with E-state index in [0.717, 1.165) is 44.9 Å². The predicted molar refractivity (Wildman–Crippen MR) is 334 cm³/mol. The molecule has 7 aromatic rings. The molecule has 0 spiro atoms. The normalized spacial score (nSPS) is 22.3. The van der Waals surface area contributed by atoms with Crippen LogP contribution in [0.4, 0.5) is 5.69 Å². The Morgan fingerprint density at radius 2 is 0.955 bits per heavy atom. The Morgan fingerprint density at radius 1 is 0.534 bits per heavy atom. The topological polar surface area (TPSA) is 293 Å². The lowest BCUT2D eigenvalue weighted by molar-refractivity contribution is -0.160. The Kier molecular flexibility index (Phi) is 14.6. The number of rotatable bonds is 12. The van der Waals surface area contributed by atoms with Gasteiger partial charge in [0, 0.05) is 68.3 Å². The Balaban J connectivity index is 0.856. The number of aromatic nitrogens is 4. The molecule has 5 heterocycles. The number of carbonyl (C=O) groups is 3. The number of H-pyrrole nitrogens is 2. The highest BCUT2D eigenvalue weighted by Crippen LogP contribution is 2.65. The number of carbonyl (C=O) groups excluding carboxylic acids is 3. The van der Waals surface area contributed by atoms with Crippen molar-refractivity contribution in [3.63, 3.8) is 0 Å². The van der Waals surface area contributed by atoms with Gasteiger partial charge in [-0.2, -0.15) is 25.3 Å². The molecule has 6 N–H and O–H groups in total. The van der Waals surface area contributed by atoms with Crippen molar-refractivity contribution in [2.75, 3.05) is 5.32 Å². The molecule has 0 saturated heterocycles.